The Labute approximate surface area is 183 Å². The molecule has 0 aliphatic carbocycles. The molecule has 3 rings (SSSR count). The number of rotatable bonds is 7. The second-order valence-corrected chi connectivity index (χ2v) is 9.34. The van der Waals surface area contributed by atoms with Crippen molar-refractivity contribution in [2.24, 2.45) is 5.14 Å². The van der Waals surface area contributed by atoms with Gasteiger partial charge in [0, 0.05) is 36.4 Å². The first kappa shape index (κ1) is 23.0. The normalized spacial score (nSPS) is 16.8. The molecule has 1 saturated heterocycles. The molecule has 0 aromatic heterocycles. The molecule has 1 aliphatic rings. The van der Waals surface area contributed by atoms with Gasteiger partial charge in [-0.3, -0.25) is 4.79 Å². The standard InChI is InChI=1S/C23H27N3O4S/c1-3-18-5-4-6-19(15-18)23(11-13-30-14-12-23)16-25-17(2)22(27)26-20-7-9-21(10-8-20)31(24,28)29/h1,4-10,15,17,25H,11-14,16H2,2H3,(H,26,27)(H2,24,28,29). The molecule has 8 heteroatoms. The van der Waals surface area contributed by atoms with Crippen molar-refractivity contribution in [2.45, 2.75) is 36.1 Å². The minimum Gasteiger partial charge on any atom is -0.381 e. The molecule has 1 unspecified atom stereocenters. The summed E-state index contributed by atoms with van der Waals surface area (Å²) in [4.78, 5) is 12.6. The van der Waals surface area contributed by atoms with Crippen molar-refractivity contribution < 1.29 is 17.9 Å². The third-order valence-corrected chi connectivity index (χ3v) is 6.61. The lowest BCUT2D eigenvalue weighted by Gasteiger charge is -2.39. The van der Waals surface area contributed by atoms with Crippen molar-refractivity contribution in [3.05, 3.63) is 59.7 Å². The largest absolute Gasteiger partial charge is 0.381 e. The topological polar surface area (TPSA) is 111 Å². The summed E-state index contributed by atoms with van der Waals surface area (Å²) in [5, 5.41) is 11.2. The van der Waals surface area contributed by atoms with Crippen LogP contribution in [-0.4, -0.2) is 40.1 Å². The van der Waals surface area contributed by atoms with Crippen molar-refractivity contribution in [2.75, 3.05) is 25.1 Å². The Balaban J connectivity index is 1.67. The van der Waals surface area contributed by atoms with Crippen LogP contribution in [0.5, 0.6) is 0 Å². The maximum Gasteiger partial charge on any atom is 0.241 e. The first-order chi connectivity index (χ1) is 14.7. The third kappa shape index (κ3) is 5.71. The fourth-order valence-electron chi connectivity index (χ4n) is 3.69. The Morgan fingerprint density at radius 1 is 1.23 bits per heavy atom. The monoisotopic (exact) mass is 441 g/mol. The van der Waals surface area contributed by atoms with Crippen LogP contribution in [0.3, 0.4) is 0 Å². The van der Waals surface area contributed by atoms with E-state index < -0.39 is 16.1 Å². The average Bonchev–Trinajstić information content (AvgIpc) is 2.78. The highest BCUT2D eigenvalue weighted by molar-refractivity contribution is 7.89. The molecule has 31 heavy (non-hydrogen) atoms. The summed E-state index contributed by atoms with van der Waals surface area (Å²) in [6.45, 7) is 3.69. The van der Waals surface area contributed by atoms with Gasteiger partial charge in [0.25, 0.3) is 0 Å². The van der Waals surface area contributed by atoms with E-state index in [0.29, 0.717) is 25.4 Å². The number of carbonyl (C=O) groups excluding carboxylic acids is 1. The molecule has 0 saturated carbocycles. The van der Waals surface area contributed by atoms with Crippen LogP contribution in [0.15, 0.2) is 53.4 Å². The number of nitrogens with two attached hydrogens (primary N) is 1. The molecule has 1 heterocycles. The van der Waals surface area contributed by atoms with Crippen LogP contribution in [0, 0.1) is 12.3 Å². The van der Waals surface area contributed by atoms with E-state index in [1.54, 1.807) is 6.92 Å². The SMILES string of the molecule is C#Cc1cccc(C2(CNC(C)C(=O)Nc3ccc(S(N)(=O)=O)cc3)CCOCC2)c1. The quantitative estimate of drug-likeness (QED) is 0.569. The molecule has 1 aliphatic heterocycles. The second kappa shape index (κ2) is 9.62. The van der Waals surface area contributed by atoms with Gasteiger partial charge < -0.3 is 15.4 Å². The van der Waals surface area contributed by atoms with Crippen molar-refractivity contribution >= 4 is 21.6 Å². The minimum atomic E-state index is -3.77. The molecular weight excluding hydrogens is 414 g/mol. The van der Waals surface area contributed by atoms with Crippen molar-refractivity contribution in [1.29, 1.82) is 0 Å². The number of nitrogens with one attached hydrogen (secondary N) is 2. The fraction of sp³-hybridized carbons (Fsp3) is 0.348. The smallest absolute Gasteiger partial charge is 0.241 e. The van der Waals surface area contributed by atoms with E-state index in [2.05, 4.69) is 22.6 Å². The Hall–Kier alpha value is -2.70. The molecule has 0 bridgehead atoms. The van der Waals surface area contributed by atoms with E-state index in [9.17, 15) is 13.2 Å². The molecule has 2 aromatic carbocycles. The molecular formula is C23H27N3O4S. The number of hydrogen-bond donors (Lipinski definition) is 3. The number of anilines is 1. The van der Waals surface area contributed by atoms with Gasteiger partial charge >= 0.3 is 0 Å². The highest BCUT2D eigenvalue weighted by Crippen LogP contribution is 2.34. The second-order valence-electron chi connectivity index (χ2n) is 7.78. The van der Waals surface area contributed by atoms with Gasteiger partial charge in [0.1, 0.15) is 0 Å². The van der Waals surface area contributed by atoms with Gasteiger partial charge in [-0.05, 0) is 61.7 Å². The minimum absolute atomic E-state index is 0.00710. The molecule has 7 nitrogen and oxygen atoms in total. The lowest BCUT2D eigenvalue weighted by molar-refractivity contribution is -0.117. The average molecular weight is 442 g/mol. The predicted octanol–water partition coefficient (Wildman–Crippen LogP) is 1.98. The van der Waals surface area contributed by atoms with Gasteiger partial charge in [-0.1, -0.05) is 18.1 Å². The fourth-order valence-corrected chi connectivity index (χ4v) is 4.20. The molecule has 2 aromatic rings. The van der Waals surface area contributed by atoms with E-state index in [1.807, 2.05) is 18.2 Å². The number of carbonyl (C=O) groups is 1. The maximum absolute atomic E-state index is 12.6. The van der Waals surface area contributed by atoms with Crippen LogP contribution in [0.2, 0.25) is 0 Å². The van der Waals surface area contributed by atoms with Crippen molar-refractivity contribution in [1.82, 2.24) is 5.32 Å². The highest BCUT2D eigenvalue weighted by atomic mass is 32.2. The molecule has 1 atom stereocenters. The van der Waals surface area contributed by atoms with Gasteiger partial charge in [0.05, 0.1) is 10.9 Å². The molecule has 1 fully saturated rings. The van der Waals surface area contributed by atoms with Crippen LogP contribution in [0.4, 0.5) is 5.69 Å². The number of amides is 1. The van der Waals surface area contributed by atoms with E-state index in [0.717, 1.165) is 24.0 Å². The summed E-state index contributed by atoms with van der Waals surface area (Å²) in [6, 6.07) is 13.2. The number of sulfonamides is 1. The summed E-state index contributed by atoms with van der Waals surface area (Å²) >= 11 is 0. The Morgan fingerprint density at radius 2 is 1.90 bits per heavy atom. The van der Waals surface area contributed by atoms with Crippen LogP contribution in [-0.2, 0) is 25.0 Å². The summed E-state index contributed by atoms with van der Waals surface area (Å²) in [7, 11) is -3.77. The van der Waals surface area contributed by atoms with Crippen LogP contribution < -0.4 is 15.8 Å². The third-order valence-electron chi connectivity index (χ3n) is 5.68. The van der Waals surface area contributed by atoms with E-state index in [4.69, 9.17) is 16.3 Å². The Morgan fingerprint density at radius 3 is 2.52 bits per heavy atom. The maximum atomic E-state index is 12.6. The van der Waals surface area contributed by atoms with Crippen molar-refractivity contribution in [3.8, 4) is 12.3 Å². The zero-order valence-electron chi connectivity index (χ0n) is 17.4. The van der Waals surface area contributed by atoms with Gasteiger partial charge in [0.2, 0.25) is 15.9 Å². The molecule has 0 spiro atoms. The summed E-state index contributed by atoms with van der Waals surface area (Å²) in [5.41, 5.74) is 2.30. The number of hydrogen-bond acceptors (Lipinski definition) is 5. The van der Waals surface area contributed by atoms with Crippen LogP contribution in [0.1, 0.15) is 30.9 Å². The van der Waals surface area contributed by atoms with E-state index in [-0.39, 0.29) is 16.2 Å². The van der Waals surface area contributed by atoms with Crippen LogP contribution >= 0.6 is 0 Å². The summed E-state index contributed by atoms with van der Waals surface area (Å²) in [6.07, 6.45) is 7.24. The number of benzene rings is 2. The van der Waals surface area contributed by atoms with E-state index in [1.165, 1.54) is 24.3 Å². The van der Waals surface area contributed by atoms with Gasteiger partial charge in [-0.15, -0.1) is 6.42 Å². The Bertz CT molecular complexity index is 1070. The summed E-state index contributed by atoms with van der Waals surface area (Å²) in [5.74, 6) is 2.47. The van der Waals surface area contributed by atoms with Gasteiger partial charge in [0.15, 0.2) is 0 Å². The van der Waals surface area contributed by atoms with Crippen molar-refractivity contribution in [3.63, 3.8) is 0 Å². The van der Waals surface area contributed by atoms with Crippen LogP contribution in [0.25, 0.3) is 0 Å². The number of primary sulfonamides is 1. The first-order valence-corrected chi connectivity index (χ1v) is 11.6. The zero-order valence-corrected chi connectivity index (χ0v) is 18.2. The molecule has 1 amide bonds. The first-order valence-electron chi connectivity index (χ1n) is 10.1. The van der Waals surface area contributed by atoms with Gasteiger partial charge in [-0.25, -0.2) is 13.6 Å². The summed E-state index contributed by atoms with van der Waals surface area (Å²) < 4.78 is 28.3. The molecule has 0 radical (unpaired) electrons. The lowest BCUT2D eigenvalue weighted by atomic mass is 9.73. The number of ether oxygens (including phenoxy) is 1. The van der Waals surface area contributed by atoms with Gasteiger partial charge in [-0.2, -0.15) is 0 Å². The lowest BCUT2D eigenvalue weighted by Crippen LogP contribution is -2.48. The predicted molar refractivity (Wildman–Crippen MR) is 120 cm³/mol. The zero-order chi connectivity index (χ0) is 22.5. The number of terminal acetylenes is 1. The Kier molecular flexibility index (Phi) is 7.13. The molecule has 4 N–H and O–H groups in total. The highest BCUT2D eigenvalue weighted by Gasteiger charge is 2.35. The van der Waals surface area contributed by atoms with E-state index >= 15 is 0 Å². The molecule has 164 valence electrons.